The van der Waals surface area contributed by atoms with Crippen molar-refractivity contribution in [2.75, 3.05) is 17.2 Å². The Bertz CT molecular complexity index is 536. The molecule has 18 heavy (non-hydrogen) atoms. The summed E-state index contributed by atoms with van der Waals surface area (Å²) in [4.78, 5) is 7.06. The molecule has 1 aromatic carbocycles. The van der Waals surface area contributed by atoms with Gasteiger partial charge in [-0.1, -0.05) is 6.92 Å². The third-order valence-electron chi connectivity index (χ3n) is 3.46. The minimum atomic E-state index is 0.508. The van der Waals surface area contributed by atoms with Crippen LogP contribution in [0.25, 0.3) is 10.9 Å². The molecule has 1 heterocycles. The van der Waals surface area contributed by atoms with Crippen LogP contribution in [0.2, 0.25) is 0 Å². The van der Waals surface area contributed by atoms with Crippen molar-refractivity contribution in [1.29, 1.82) is 0 Å². The van der Waals surface area contributed by atoms with E-state index in [1.54, 1.807) is 0 Å². The summed E-state index contributed by atoms with van der Waals surface area (Å²) in [7, 11) is 0. The van der Waals surface area contributed by atoms with Gasteiger partial charge >= 0.3 is 0 Å². The number of rotatable bonds is 4. The van der Waals surface area contributed by atoms with Crippen LogP contribution in [0.4, 0.5) is 11.5 Å². The number of benzene rings is 1. The van der Waals surface area contributed by atoms with Crippen LogP contribution in [0.15, 0.2) is 30.3 Å². The van der Waals surface area contributed by atoms with Crippen LogP contribution in [-0.2, 0) is 0 Å². The Morgan fingerprint density at radius 1 is 1.22 bits per heavy atom. The minimum absolute atomic E-state index is 0.508. The van der Waals surface area contributed by atoms with Crippen molar-refractivity contribution in [3.8, 4) is 0 Å². The molecule has 2 aromatic rings. The van der Waals surface area contributed by atoms with E-state index in [-0.39, 0.29) is 0 Å². The topological polar surface area (TPSA) is 42.1 Å². The summed E-state index contributed by atoms with van der Waals surface area (Å²) in [5, 5.41) is 1.10. The SMILES string of the molecule is CCC(C)N(CC)c1ccc2cc(N)ccc2n1. The van der Waals surface area contributed by atoms with E-state index in [9.17, 15) is 0 Å². The molecule has 1 atom stereocenters. The largest absolute Gasteiger partial charge is 0.399 e. The zero-order valence-corrected chi connectivity index (χ0v) is 11.4. The van der Waals surface area contributed by atoms with Crippen LogP contribution >= 0.6 is 0 Å². The van der Waals surface area contributed by atoms with Crippen LogP contribution in [-0.4, -0.2) is 17.6 Å². The van der Waals surface area contributed by atoms with Crippen LogP contribution in [0, 0.1) is 0 Å². The van der Waals surface area contributed by atoms with Gasteiger partial charge in [0.25, 0.3) is 0 Å². The van der Waals surface area contributed by atoms with Crippen LogP contribution in [0.1, 0.15) is 27.2 Å². The number of pyridine rings is 1. The van der Waals surface area contributed by atoms with Gasteiger partial charge in [0.2, 0.25) is 0 Å². The predicted octanol–water partition coefficient (Wildman–Crippen LogP) is 3.44. The number of nitrogens with two attached hydrogens (primary N) is 1. The highest BCUT2D eigenvalue weighted by Crippen LogP contribution is 2.22. The predicted molar refractivity (Wildman–Crippen MR) is 78.9 cm³/mol. The van der Waals surface area contributed by atoms with Crippen molar-refractivity contribution in [2.24, 2.45) is 0 Å². The average Bonchev–Trinajstić information content (AvgIpc) is 2.39. The Morgan fingerprint density at radius 3 is 2.67 bits per heavy atom. The van der Waals surface area contributed by atoms with E-state index >= 15 is 0 Å². The number of anilines is 2. The molecule has 0 aliphatic heterocycles. The van der Waals surface area contributed by atoms with Crippen LogP contribution in [0.3, 0.4) is 0 Å². The molecule has 0 fully saturated rings. The van der Waals surface area contributed by atoms with Gasteiger partial charge in [0.05, 0.1) is 5.52 Å². The normalized spacial score (nSPS) is 12.6. The zero-order chi connectivity index (χ0) is 13.1. The summed E-state index contributed by atoms with van der Waals surface area (Å²) in [6.45, 7) is 7.58. The van der Waals surface area contributed by atoms with Crippen molar-refractivity contribution in [3.05, 3.63) is 30.3 Å². The second kappa shape index (κ2) is 5.25. The number of hydrogen-bond acceptors (Lipinski definition) is 3. The molecule has 1 unspecified atom stereocenters. The molecule has 96 valence electrons. The first-order chi connectivity index (χ1) is 8.65. The van der Waals surface area contributed by atoms with Gasteiger partial charge in [-0.2, -0.15) is 0 Å². The first-order valence-corrected chi connectivity index (χ1v) is 6.58. The quantitative estimate of drug-likeness (QED) is 0.836. The van der Waals surface area contributed by atoms with Crippen molar-refractivity contribution < 1.29 is 0 Å². The fraction of sp³-hybridized carbons (Fsp3) is 0.400. The molecular weight excluding hydrogens is 222 g/mol. The smallest absolute Gasteiger partial charge is 0.129 e. The molecule has 3 nitrogen and oxygen atoms in total. The number of hydrogen-bond donors (Lipinski definition) is 1. The Hall–Kier alpha value is -1.77. The van der Waals surface area contributed by atoms with E-state index < -0.39 is 0 Å². The van der Waals surface area contributed by atoms with Gasteiger partial charge < -0.3 is 10.6 Å². The highest BCUT2D eigenvalue weighted by Gasteiger charge is 2.12. The minimum Gasteiger partial charge on any atom is -0.399 e. The summed E-state index contributed by atoms with van der Waals surface area (Å²) < 4.78 is 0. The van der Waals surface area contributed by atoms with E-state index in [4.69, 9.17) is 10.7 Å². The summed E-state index contributed by atoms with van der Waals surface area (Å²) in [6.07, 6.45) is 1.12. The molecule has 0 bridgehead atoms. The van der Waals surface area contributed by atoms with Gasteiger partial charge in [-0.15, -0.1) is 0 Å². The lowest BCUT2D eigenvalue weighted by atomic mass is 10.2. The average molecular weight is 243 g/mol. The van der Waals surface area contributed by atoms with Crippen molar-refractivity contribution in [1.82, 2.24) is 4.98 Å². The molecule has 3 heteroatoms. The summed E-state index contributed by atoms with van der Waals surface area (Å²) in [5.74, 6) is 1.05. The maximum absolute atomic E-state index is 5.78. The molecule has 0 spiro atoms. The summed E-state index contributed by atoms with van der Waals surface area (Å²) >= 11 is 0. The molecule has 0 aliphatic carbocycles. The summed E-state index contributed by atoms with van der Waals surface area (Å²) in [6, 6.07) is 10.5. The molecule has 2 rings (SSSR count). The standard InChI is InChI=1S/C15H21N3/c1-4-11(3)18(5-2)15-9-6-12-10-13(16)7-8-14(12)17-15/h6-11H,4-5,16H2,1-3H3. The molecule has 0 radical (unpaired) electrons. The first-order valence-electron chi connectivity index (χ1n) is 6.58. The second-order valence-corrected chi connectivity index (χ2v) is 4.66. The number of nitrogen functional groups attached to an aromatic ring is 1. The van der Waals surface area contributed by atoms with Gasteiger partial charge in [-0.25, -0.2) is 4.98 Å². The van der Waals surface area contributed by atoms with Crippen molar-refractivity contribution in [2.45, 2.75) is 33.2 Å². The molecule has 2 N–H and O–H groups in total. The van der Waals surface area contributed by atoms with Crippen molar-refractivity contribution >= 4 is 22.4 Å². The van der Waals surface area contributed by atoms with E-state index in [1.807, 2.05) is 18.2 Å². The maximum atomic E-state index is 5.78. The highest BCUT2D eigenvalue weighted by atomic mass is 15.2. The lowest BCUT2D eigenvalue weighted by Gasteiger charge is -2.28. The molecule has 0 saturated carbocycles. The van der Waals surface area contributed by atoms with Gasteiger partial charge in [0, 0.05) is 23.7 Å². The maximum Gasteiger partial charge on any atom is 0.129 e. The van der Waals surface area contributed by atoms with E-state index in [0.29, 0.717) is 6.04 Å². The fourth-order valence-corrected chi connectivity index (χ4v) is 2.21. The zero-order valence-electron chi connectivity index (χ0n) is 11.4. The van der Waals surface area contributed by atoms with E-state index in [0.717, 1.165) is 35.4 Å². The Balaban J connectivity index is 2.42. The van der Waals surface area contributed by atoms with E-state index in [1.165, 1.54) is 0 Å². The van der Waals surface area contributed by atoms with Gasteiger partial charge in [-0.3, -0.25) is 0 Å². The third kappa shape index (κ3) is 2.40. The number of aromatic nitrogens is 1. The second-order valence-electron chi connectivity index (χ2n) is 4.66. The lowest BCUT2D eigenvalue weighted by molar-refractivity contribution is 0.624. The molecule has 0 saturated heterocycles. The molecule has 0 amide bonds. The first kappa shape index (κ1) is 12.7. The van der Waals surface area contributed by atoms with E-state index in [2.05, 4.69) is 37.8 Å². The summed E-state index contributed by atoms with van der Waals surface area (Å²) in [5.41, 5.74) is 7.57. The molecule has 1 aromatic heterocycles. The third-order valence-corrected chi connectivity index (χ3v) is 3.46. The van der Waals surface area contributed by atoms with Gasteiger partial charge in [-0.05, 0) is 50.6 Å². The Morgan fingerprint density at radius 2 is 2.00 bits per heavy atom. The molecular formula is C15H21N3. The monoisotopic (exact) mass is 243 g/mol. The van der Waals surface area contributed by atoms with Gasteiger partial charge in [0.1, 0.15) is 5.82 Å². The number of fused-ring (bicyclic) bond motifs is 1. The number of nitrogens with zero attached hydrogens (tertiary/aromatic N) is 2. The fourth-order valence-electron chi connectivity index (χ4n) is 2.21. The Kier molecular flexibility index (Phi) is 3.70. The highest BCUT2D eigenvalue weighted by molar-refractivity contribution is 5.83. The van der Waals surface area contributed by atoms with Crippen molar-refractivity contribution in [3.63, 3.8) is 0 Å². The Labute approximate surface area is 109 Å². The van der Waals surface area contributed by atoms with Gasteiger partial charge in [0.15, 0.2) is 0 Å². The lowest BCUT2D eigenvalue weighted by Crippen LogP contribution is -2.32. The molecule has 0 aliphatic rings. The van der Waals surface area contributed by atoms with Crippen LogP contribution < -0.4 is 10.6 Å². The van der Waals surface area contributed by atoms with Crippen LogP contribution in [0.5, 0.6) is 0 Å².